The van der Waals surface area contributed by atoms with Crippen LogP contribution in [0.15, 0.2) is 34.9 Å². The topological polar surface area (TPSA) is 89.1 Å². The lowest BCUT2D eigenvalue weighted by Crippen LogP contribution is -2.30. The van der Waals surface area contributed by atoms with Crippen molar-refractivity contribution in [3.63, 3.8) is 0 Å². The number of hydrogen-bond donors (Lipinski definition) is 1. The Labute approximate surface area is 162 Å². The molecule has 0 spiro atoms. The molecule has 0 aliphatic carbocycles. The molecular weight excluding hydrogens is 356 g/mol. The van der Waals surface area contributed by atoms with Crippen molar-refractivity contribution in [2.75, 3.05) is 6.54 Å². The molecular formula is C20H22N6O2. The minimum Gasteiger partial charge on any atom is -0.447 e. The average molecular weight is 378 g/mol. The first-order chi connectivity index (χ1) is 13.8. The van der Waals surface area contributed by atoms with E-state index in [4.69, 9.17) is 4.42 Å². The molecule has 8 heteroatoms. The maximum atomic E-state index is 12.4. The molecule has 0 bridgehead atoms. The molecule has 144 valence electrons. The minimum absolute atomic E-state index is 0.255. The number of aryl methyl sites for hydroxylation is 1. The number of carbonyl (C=O) groups is 1. The van der Waals surface area contributed by atoms with Gasteiger partial charge >= 0.3 is 0 Å². The number of benzene rings is 1. The second kappa shape index (κ2) is 7.20. The zero-order valence-corrected chi connectivity index (χ0v) is 15.6. The Morgan fingerprint density at radius 3 is 2.96 bits per heavy atom. The number of oxazole rings is 1. The number of nitrogens with zero attached hydrogens (tertiary/aromatic N) is 5. The summed E-state index contributed by atoms with van der Waals surface area (Å²) in [5.74, 6) is 2.09. The molecule has 0 atom stereocenters. The van der Waals surface area contributed by atoms with Gasteiger partial charge in [0, 0.05) is 26.1 Å². The Morgan fingerprint density at radius 2 is 2.04 bits per heavy atom. The first kappa shape index (κ1) is 17.1. The SMILES string of the molecule is O=C(NCc1nnc2n1CCC2)c1coc(CN2CCc3ccccc3C2)n1. The van der Waals surface area contributed by atoms with Crippen molar-refractivity contribution in [3.8, 4) is 0 Å². The summed E-state index contributed by atoms with van der Waals surface area (Å²) in [6, 6.07) is 8.50. The number of nitrogens with one attached hydrogen (secondary N) is 1. The molecule has 4 heterocycles. The van der Waals surface area contributed by atoms with E-state index in [1.165, 1.54) is 17.4 Å². The van der Waals surface area contributed by atoms with E-state index in [9.17, 15) is 4.79 Å². The molecule has 3 aromatic rings. The van der Waals surface area contributed by atoms with Crippen molar-refractivity contribution in [2.24, 2.45) is 0 Å². The van der Waals surface area contributed by atoms with E-state index in [1.807, 2.05) is 0 Å². The van der Waals surface area contributed by atoms with Crippen molar-refractivity contribution in [1.29, 1.82) is 0 Å². The van der Waals surface area contributed by atoms with Crippen LogP contribution in [0.4, 0.5) is 0 Å². The van der Waals surface area contributed by atoms with Crippen LogP contribution in [0.1, 0.15) is 45.6 Å². The molecule has 5 rings (SSSR count). The third-order valence-corrected chi connectivity index (χ3v) is 5.45. The fraction of sp³-hybridized carbons (Fsp3) is 0.400. The molecule has 2 aromatic heterocycles. The molecule has 0 saturated heterocycles. The second-order valence-electron chi connectivity index (χ2n) is 7.33. The third-order valence-electron chi connectivity index (χ3n) is 5.45. The summed E-state index contributed by atoms with van der Waals surface area (Å²) in [7, 11) is 0. The lowest BCUT2D eigenvalue weighted by Gasteiger charge is -2.27. The molecule has 1 aromatic carbocycles. The van der Waals surface area contributed by atoms with E-state index in [1.54, 1.807) is 0 Å². The Balaban J connectivity index is 1.18. The molecule has 1 N–H and O–H groups in total. The molecule has 2 aliphatic heterocycles. The Hall–Kier alpha value is -3.00. The standard InChI is InChI=1S/C20H22N6O2/c27-20(21-10-18-24-23-17-6-3-8-26(17)18)16-13-28-19(22-16)12-25-9-7-14-4-1-2-5-15(14)11-25/h1-2,4-5,13H,3,6-12H2,(H,21,27). The lowest BCUT2D eigenvalue weighted by atomic mass is 10.00. The summed E-state index contributed by atoms with van der Waals surface area (Å²) < 4.78 is 7.61. The maximum absolute atomic E-state index is 12.4. The van der Waals surface area contributed by atoms with Crippen LogP contribution in [0.3, 0.4) is 0 Å². The maximum Gasteiger partial charge on any atom is 0.273 e. The van der Waals surface area contributed by atoms with Crippen molar-refractivity contribution in [3.05, 3.63) is 64.9 Å². The quantitative estimate of drug-likeness (QED) is 0.727. The molecule has 0 radical (unpaired) electrons. The van der Waals surface area contributed by atoms with Gasteiger partial charge in [0.15, 0.2) is 11.5 Å². The normalized spacial score (nSPS) is 16.0. The zero-order valence-electron chi connectivity index (χ0n) is 15.6. The van der Waals surface area contributed by atoms with Gasteiger partial charge in [-0.15, -0.1) is 10.2 Å². The summed E-state index contributed by atoms with van der Waals surface area (Å²) >= 11 is 0. The summed E-state index contributed by atoms with van der Waals surface area (Å²) in [6.07, 6.45) is 4.48. The van der Waals surface area contributed by atoms with Crippen LogP contribution < -0.4 is 5.32 Å². The smallest absolute Gasteiger partial charge is 0.273 e. The number of carbonyl (C=O) groups excluding carboxylic acids is 1. The van der Waals surface area contributed by atoms with Crippen molar-refractivity contribution < 1.29 is 9.21 Å². The van der Waals surface area contributed by atoms with E-state index in [-0.39, 0.29) is 5.91 Å². The molecule has 8 nitrogen and oxygen atoms in total. The largest absolute Gasteiger partial charge is 0.447 e. The minimum atomic E-state index is -0.255. The van der Waals surface area contributed by atoms with Crippen LogP contribution in [-0.4, -0.2) is 37.1 Å². The fourth-order valence-corrected chi connectivity index (χ4v) is 3.96. The van der Waals surface area contributed by atoms with Gasteiger partial charge in [0.25, 0.3) is 5.91 Å². The lowest BCUT2D eigenvalue weighted by molar-refractivity contribution is 0.0944. The van der Waals surface area contributed by atoms with Gasteiger partial charge in [-0.1, -0.05) is 24.3 Å². The van der Waals surface area contributed by atoms with Gasteiger partial charge in [0.05, 0.1) is 13.1 Å². The summed E-state index contributed by atoms with van der Waals surface area (Å²) in [5.41, 5.74) is 3.05. The van der Waals surface area contributed by atoms with Gasteiger partial charge in [-0.2, -0.15) is 0 Å². The predicted molar refractivity (Wildman–Crippen MR) is 100 cm³/mol. The summed E-state index contributed by atoms with van der Waals surface area (Å²) in [6.45, 7) is 3.69. The molecule has 28 heavy (non-hydrogen) atoms. The highest BCUT2D eigenvalue weighted by Crippen LogP contribution is 2.20. The van der Waals surface area contributed by atoms with Crippen LogP contribution in [0.25, 0.3) is 0 Å². The van der Waals surface area contributed by atoms with E-state index in [2.05, 4.69) is 54.2 Å². The van der Waals surface area contributed by atoms with E-state index < -0.39 is 0 Å². The Morgan fingerprint density at radius 1 is 1.14 bits per heavy atom. The van der Waals surface area contributed by atoms with Gasteiger partial charge < -0.3 is 14.3 Å². The van der Waals surface area contributed by atoms with E-state index in [0.29, 0.717) is 24.7 Å². The predicted octanol–water partition coefficient (Wildman–Crippen LogP) is 1.70. The van der Waals surface area contributed by atoms with Crippen molar-refractivity contribution in [2.45, 2.75) is 45.4 Å². The Bertz CT molecular complexity index is 1010. The van der Waals surface area contributed by atoms with Gasteiger partial charge in [-0.3, -0.25) is 9.69 Å². The van der Waals surface area contributed by atoms with Crippen molar-refractivity contribution in [1.82, 2.24) is 30.0 Å². The fourth-order valence-electron chi connectivity index (χ4n) is 3.96. The van der Waals surface area contributed by atoms with Crippen molar-refractivity contribution >= 4 is 5.91 Å². The number of aromatic nitrogens is 4. The van der Waals surface area contributed by atoms with Gasteiger partial charge in [-0.25, -0.2) is 4.98 Å². The average Bonchev–Trinajstić information content (AvgIpc) is 3.44. The van der Waals surface area contributed by atoms with Crippen LogP contribution in [0.2, 0.25) is 0 Å². The van der Waals surface area contributed by atoms with Crippen LogP contribution in [-0.2, 0) is 39.0 Å². The highest BCUT2D eigenvalue weighted by molar-refractivity contribution is 5.91. The molecule has 0 fully saturated rings. The molecule has 0 saturated carbocycles. The zero-order chi connectivity index (χ0) is 18.9. The van der Waals surface area contributed by atoms with Crippen LogP contribution >= 0.6 is 0 Å². The number of fused-ring (bicyclic) bond motifs is 2. The van der Waals surface area contributed by atoms with E-state index in [0.717, 1.165) is 50.5 Å². The Kier molecular flexibility index (Phi) is 4.40. The summed E-state index contributed by atoms with van der Waals surface area (Å²) in [5, 5.41) is 11.2. The number of amides is 1. The first-order valence-corrected chi connectivity index (χ1v) is 9.69. The van der Waals surface area contributed by atoms with Gasteiger partial charge in [-0.05, 0) is 24.0 Å². The van der Waals surface area contributed by atoms with Crippen LogP contribution in [0, 0.1) is 0 Å². The first-order valence-electron chi connectivity index (χ1n) is 9.69. The van der Waals surface area contributed by atoms with E-state index >= 15 is 0 Å². The molecule has 1 amide bonds. The highest BCUT2D eigenvalue weighted by atomic mass is 16.3. The molecule has 0 unspecified atom stereocenters. The van der Waals surface area contributed by atoms with Gasteiger partial charge in [0.1, 0.15) is 12.1 Å². The number of hydrogen-bond acceptors (Lipinski definition) is 6. The number of rotatable bonds is 5. The monoisotopic (exact) mass is 378 g/mol. The highest BCUT2D eigenvalue weighted by Gasteiger charge is 2.21. The second-order valence-corrected chi connectivity index (χ2v) is 7.33. The van der Waals surface area contributed by atoms with Crippen LogP contribution in [0.5, 0.6) is 0 Å². The van der Waals surface area contributed by atoms with Gasteiger partial charge in [0.2, 0.25) is 5.89 Å². The third kappa shape index (κ3) is 3.31. The molecule has 2 aliphatic rings. The summed E-state index contributed by atoms with van der Waals surface area (Å²) in [4.78, 5) is 19.1.